The molecule has 2 aliphatic rings. The topological polar surface area (TPSA) is 70.2 Å². The van der Waals surface area contributed by atoms with Crippen LogP contribution in [0.15, 0.2) is 6.33 Å². The van der Waals surface area contributed by atoms with Crippen molar-refractivity contribution in [1.82, 2.24) is 20.6 Å². The maximum absolute atomic E-state index is 12.6. The Hall–Kier alpha value is -1.73. The molecule has 7 heteroatoms. The highest BCUT2D eigenvalue weighted by Gasteiger charge is 2.28. The van der Waals surface area contributed by atoms with Crippen molar-refractivity contribution in [3.05, 3.63) is 16.8 Å². The highest BCUT2D eigenvalue weighted by molar-refractivity contribution is 7.18. The van der Waals surface area contributed by atoms with Crippen molar-refractivity contribution in [2.75, 3.05) is 31.1 Å². The average molecular weight is 374 g/mol. The minimum absolute atomic E-state index is 0.121. The van der Waals surface area contributed by atoms with Crippen LogP contribution < -0.4 is 15.5 Å². The Labute approximate surface area is 158 Å². The van der Waals surface area contributed by atoms with Crippen molar-refractivity contribution >= 4 is 33.3 Å². The fraction of sp³-hybridized carbons (Fsp3) is 0.632. The third kappa shape index (κ3) is 3.42. The van der Waals surface area contributed by atoms with Gasteiger partial charge in [0.1, 0.15) is 17.0 Å². The van der Waals surface area contributed by atoms with Gasteiger partial charge < -0.3 is 15.5 Å². The quantitative estimate of drug-likeness (QED) is 0.865. The number of carbonyl (C=O) groups excluding carboxylic acids is 1. The molecule has 0 saturated carbocycles. The van der Waals surface area contributed by atoms with Gasteiger partial charge >= 0.3 is 0 Å². The summed E-state index contributed by atoms with van der Waals surface area (Å²) in [6, 6.07) is 0.298. The maximum Gasteiger partial charge on any atom is 0.223 e. The van der Waals surface area contributed by atoms with Crippen molar-refractivity contribution in [3.63, 3.8) is 0 Å². The lowest BCUT2D eigenvalue weighted by Crippen LogP contribution is -2.49. The summed E-state index contributed by atoms with van der Waals surface area (Å²) in [6.45, 7) is 8.02. The number of piperidine rings is 2. The molecule has 2 aliphatic heterocycles. The van der Waals surface area contributed by atoms with Gasteiger partial charge in [0, 0.05) is 36.5 Å². The summed E-state index contributed by atoms with van der Waals surface area (Å²) in [5, 5.41) is 7.79. The number of carbonyl (C=O) groups is 1. The molecule has 4 rings (SSSR count). The molecule has 2 aromatic heterocycles. The molecule has 140 valence electrons. The number of rotatable bonds is 3. The molecule has 1 atom stereocenters. The molecule has 2 aromatic rings. The Balaban J connectivity index is 1.41. The van der Waals surface area contributed by atoms with Crippen LogP contribution in [0, 0.1) is 19.8 Å². The number of fused-ring (bicyclic) bond motifs is 1. The standard InChI is InChI=1S/C19H27N5OS/c1-12-13(2)26-19-16(12)17(21-11-22-19)24-8-5-14(6-9-24)18(25)23-15-4-3-7-20-10-15/h11,14-15,20H,3-10H2,1-2H3,(H,23,25). The van der Waals surface area contributed by atoms with Gasteiger partial charge in [-0.15, -0.1) is 11.3 Å². The van der Waals surface area contributed by atoms with Gasteiger partial charge in [-0.1, -0.05) is 0 Å². The highest BCUT2D eigenvalue weighted by atomic mass is 32.1. The molecule has 4 heterocycles. The fourth-order valence-electron chi connectivity index (χ4n) is 4.05. The molecule has 2 saturated heterocycles. The Morgan fingerprint density at radius 1 is 1.27 bits per heavy atom. The summed E-state index contributed by atoms with van der Waals surface area (Å²) in [6.07, 6.45) is 5.68. The molecule has 1 amide bonds. The molecule has 6 nitrogen and oxygen atoms in total. The van der Waals surface area contributed by atoms with E-state index < -0.39 is 0 Å². The molecule has 2 N–H and O–H groups in total. The van der Waals surface area contributed by atoms with Gasteiger partial charge in [0.15, 0.2) is 0 Å². The van der Waals surface area contributed by atoms with Gasteiger partial charge in [0.25, 0.3) is 0 Å². The molecular weight excluding hydrogens is 346 g/mol. The second-order valence-electron chi connectivity index (χ2n) is 7.47. The monoisotopic (exact) mass is 373 g/mol. The number of nitrogens with one attached hydrogen (secondary N) is 2. The summed E-state index contributed by atoms with van der Waals surface area (Å²) in [5.41, 5.74) is 1.28. The summed E-state index contributed by atoms with van der Waals surface area (Å²) < 4.78 is 0. The second-order valence-corrected chi connectivity index (χ2v) is 8.68. The van der Waals surface area contributed by atoms with Gasteiger partial charge in [0.05, 0.1) is 5.39 Å². The lowest BCUT2D eigenvalue weighted by molar-refractivity contribution is -0.126. The summed E-state index contributed by atoms with van der Waals surface area (Å²) >= 11 is 1.73. The van der Waals surface area contributed by atoms with Gasteiger partial charge in [0.2, 0.25) is 5.91 Å². The summed E-state index contributed by atoms with van der Waals surface area (Å²) in [4.78, 5) is 26.3. The predicted octanol–water partition coefficient (Wildman–Crippen LogP) is 2.39. The van der Waals surface area contributed by atoms with E-state index in [4.69, 9.17) is 0 Å². The van der Waals surface area contributed by atoms with Crippen LogP contribution in [0.5, 0.6) is 0 Å². The van der Waals surface area contributed by atoms with Gasteiger partial charge in [-0.2, -0.15) is 0 Å². The highest BCUT2D eigenvalue weighted by Crippen LogP contribution is 2.35. The minimum atomic E-state index is 0.121. The number of amides is 1. The minimum Gasteiger partial charge on any atom is -0.356 e. The third-order valence-electron chi connectivity index (χ3n) is 5.75. The first-order chi connectivity index (χ1) is 12.6. The van der Waals surface area contributed by atoms with E-state index in [-0.39, 0.29) is 11.8 Å². The zero-order valence-corrected chi connectivity index (χ0v) is 16.4. The molecule has 0 aromatic carbocycles. The van der Waals surface area contributed by atoms with Crippen LogP contribution in [0.3, 0.4) is 0 Å². The molecular formula is C19H27N5OS. The lowest BCUT2D eigenvalue weighted by atomic mass is 9.94. The van der Waals surface area contributed by atoms with Crippen molar-refractivity contribution in [2.45, 2.75) is 45.6 Å². The zero-order chi connectivity index (χ0) is 18.1. The number of aromatic nitrogens is 2. The number of anilines is 1. The molecule has 2 fully saturated rings. The van der Waals surface area contributed by atoms with E-state index in [9.17, 15) is 4.79 Å². The van der Waals surface area contributed by atoms with Crippen LogP contribution in [0.2, 0.25) is 0 Å². The maximum atomic E-state index is 12.6. The van der Waals surface area contributed by atoms with Crippen LogP contribution in [0.25, 0.3) is 10.2 Å². The number of hydrogen-bond donors (Lipinski definition) is 2. The SMILES string of the molecule is Cc1sc2ncnc(N3CCC(C(=O)NC4CCCNC4)CC3)c2c1C. The van der Waals surface area contributed by atoms with Crippen molar-refractivity contribution < 1.29 is 4.79 Å². The van der Waals surface area contributed by atoms with Crippen molar-refractivity contribution in [3.8, 4) is 0 Å². The summed E-state index contributed by atoms with van der Waals surface area (Å²) in [7, 11) is 0. The molecule has 0 aliphatic carbocycles. The van der Waals surface area contributed by atoms with E-state index in [0.29, 0.717) is 6.04 Å². The van der Waals surface area contributed by atoms with Crippen molar-refractivity contribution in [1.29, 1.82) is 0 Å². The number of nitrogens with zero attached hydrogens (tertiary/aromatic N) is 3. The van der Waals surface area contributed by atoms with Gasteiger partial charge in [-0.3, -0.25) is 4.79 Å². The first kappa shape index (κ1) is 17.7. The van der Waals surface area contributed by atoms with Crippen LogP contribution in [0.4, 0.5) is 5.82 Å². The van der Waals surface area contributed by atoms with E-state index in [0.717, 1.165) is 62.5 Å². The van der Waals surface area contributed by atoms with Crippen LogP contribution in [-0.4, -0.2) is 48.1 Å². The van der Waals surface area contributed by atoms with Gasteiger partial charge in [-0.05, 0) is 51.6 Å². The smallest absolute Gasteiger partial charge is 0.223 e. The largest absolute Gasteiger partial charge is 0.356 e. The lowest BCUT2D eigenvalue weighted by Gasteiger charge is -2.33. The fourth-order valence-corrected chi connectivity index (χ4v) is 5.04. The van der Waals surface area contributed by atoms with Gasteiger partial charge in [-0.25, -0.2) is 9.97 Å². The first-order valence-electron chi connectivity index (χ1n) is 9.60. The Morgan fingerprint density at radius 3 is 2.81 bits per heavy atom. The van der Waals surface area contributed by atoms with E-state index in [1.807, 2.05) is 0 Å². The third-order valence-corrected chi connectivity index (χ3v) is 6.87. The molecule has 1 unspecified atom stereocenters. The van der Waals surface area contributed by atoms with Crippen LogP contribution >= 0.6 is 11.3 Å². The Kier molecular flexibility index (Phi) is 5.09. The van der Waals surface area contributed by atoms with Crippen LogP contribution in [-0.2, 0) is 4.79 Å². The Bertz CT molecular complexity index is 791. The van der Waals surface area contributed by atoms with Crippen LogP contribution in [0.1, 0.15) is 36.1 Å². The normalized spacial score (nSPS) is 21.9. The molecule has 0 bridgehead atoms. The molecule has 26 heavy (non-hydrogen) atoms. The predicted molar refractivity (Wildman–Crippen MR) is 106 cm³/mol. The van der Waals surface area contributed by atoms with Crippen molar-refractivity contribution in [2.24, 2.45) is 5.92 Å². The number of hydrogen-bond acceptors (Lipinski definition) is 6. The number of thiophene rings is 1. The first-order valence-corrected chi connectivity index (χ1v) is 10.4. The summed E-state index contributed by atoms with van der Waals surface area (Å²) in [5.74, 6) is 1.39. The second kappa shape index (κ2) is 7.48. The average Bonchev–Trinajstić information content (AvgIpc) is 2.97. The van der Waals surface area contributed by atoms with E-state index in [1.54, 1.807) is 17.7 Å². The number of aryl methyl sites for hydroxylation is 2. The van der Waals surface area contributed by atoms with E-state index >= 15 is 0 Å². The Morgan fingerprint density at radius 2 is 2.08 bits per heavy atom. The zero-order valence-electron chi connectivity index (χ0n) is 15.5. The van der Waals surface area contributed by atoms with E-state index in [2.05, 4.69) is 39.3 Å². The molecule has 0 radical (unpaired) electrons. The van der Waals surface area contributed by atoms with E-state index in [1.165, 1.54) is 15.8 Å². The molecule has 0 spiro atoms.